The Morgan fingerprint density at radius 2 is 2.42 bits per heavy atom. The molecule has 0 saturated carbocycles. The maximum Gasteiger partial charge on any atom is 0.146 e. The Labute approximate surface area is 71.8 Å². The summed E-state index contributed by atoms with van der Waals surface area (Å²) in [4.78, 5) is 3.69. The number of rotatable bonds is 3. The van der Waals surface area contributed by atoms with Gasteiger partial charge in [0.1, 0.15) is 5.82 Å². The number of hydrogen-bond acceptors (Lipinski definition) is 2. The van der Waals surface area contributed by atoms with E-state index in [1.807, 2.05) is 14.0 Å². The summed E-state index contributed by atoms with van der Waals surface area (Å²) in [5.74, 6) is -0.237. The van der Waals surface area contributed by atoms with Gasteiger partial charge in [0, 0.05) is 17.8 Å². The number of nitrogens with zero attached hydrogens (tertiary/aromatic N) is 1. The summed E-state index contributed by atoms with van der Waals surface area (Å²) >= 11 is 0. The van der Waals surface area contributed by atoms with E-state index in [9.17, 15) is 4.39 Å². The zero-order chi connectivity index (χ0) is 8.97. The van der Waals surface area contributed by atoms with Gasteiger partial charge in [-0.3, -0.25) is 4.98 Å². The van der Waals surface area contributed by atoms with Crippen LogP contribution in [0.3, 0.4) is 0 Å². The van der Waals surface area contributed by atoms with Gasteiger partial charge in [0.2, 0.25) is 0 Å². The van der Waals surface area contributed by atoms with Crippen molar-refractivity contribution in [3.05, 3.63) is 29.8 Å². The highest BCUT2D eigenvalue weighted by Crippen LogP contribution is 2.17. The molecule has 0 amide bonds. The summed E-state index contributed by atoms with van der Waals surface area (Å²) in [5, 5.41) is 3.04. The third kappa shape index (κ3) is 1.80. The third-order valence-electron chi connectivity index (χ3n) is 1.94. The molecule has 2 nitrogen and oxygen atoms in total. The standard InChI is InChI=1S/C9H13FN2/c1-3-9(11-2)7-4-5-12-6-8(7)10/h4-6,9,11H,3H2,1-2H3. The Morgan fingerprint density at radius 3 is 2.92 bits per heavy atom. The number of pyridine rings is 1. The molecule has 0 aliphatic rings. The molecule has 0 bridgehead atoms. The number of halogens is 1. The van der Waals surface area contributed by atoms with E-state index < -0.39 is 0 Å². The lowest BCUT2D eigenvalue weighted by Crippen LogP contribution is -2.16. The van der Waals surface area contributed by atoms with Gasteiger partial charge in [-0.05, 0) is 19.5 Å². The quantitative estimate of drug-likeness (QED) is 0.745. The lowest BCUT2D eigenvalue weighted by molar-refractivity contribution is 0.522. The molecule has 0 spiro atoms. The van der Waals surface area contributed by atoms with Crippen LogP contribution >= 0.6 is 0 Å². The average Bonchev–Trinajstić information content (AvgIpc) is 2.10. The first-order valence-corrected chi connectivity index (χ1v) is 4.06. The van der Waals surface area contributed by atoms with E-state index in [-0.39, 0.29) is 11.9 Å². The second kappa shape index (κ2) is 4.16. The maximum atomic E-state index is 13.1. The Bertz CT molecular complexity index is 246. The van der Waals surface area contributed by atoms with Crippen molar-refractivity contribution in [1.29, 1.82) is 0 Å². The van der Waals surface area contributed by atoms with Crippen molar-refractivity contribution in [2.24, 2.45) is 0 Å². The second-order valence-corrected chi connectivity index (χ2v) is 2.65. The molecule has 1 unspecified atom stereocenters. The summed E-state index contributed by atoms with van der Waals surface area (Å²) < 4.78 is 13.1. The zero-order valence-corrected chi connectivity index (χ0v) is 7.34. The van der Waals surface area contributed by atoms with Crippen LogP contribution in [-0.4, -0.2) is 12.0 Å². The fraction of sp³-hybridized carbons (Fsp3) is 0.444. The first-order valence-electron chi connectivity index (χ1n) is 4.06. The minimum atomic E-state index is -0.237. The van der Waals surface area contributed by atoms with E-state index in [1.165, 1.54) is 6.20 Å². The molecule has 0 aromatic carbocycles. The third-order valence-corrected chi connectivity index (χ3v) is 1.94. The molecule has 1 atom stereocenters. The van der Waals surface area contributed by atoms with E-state index in [0.717, 1.165) is 6.42 Å². The van der Waals surface area contributed by atoms with Gasteiger partial charge in [-0.15, -0.1) is 0 Å². The molecule has 3 heteroatoms. The molecular weight excluding hydrogens is 155 g/mol. The fourth-order valence-corrected chi connectivity index (χ4v) is 1.25. The summed E-state index contributed by atoms with van der Waals surface area (Å²) in [6, 6.07) is 1.80. The van der Waals surface area contributed by atoms with Gasteiger partial charge >= 0.3 is 0 Å². The van der Waals surface area contributed by atoms with E-state index in [0.29, 0.717) is 5.56 Å². The summed E-state index contributed by atoms with van der Waals surface area (Å²) in [7, 11) is 1.83. The molecule has 66 valence electrons. The normalized spacial score (nSPS) is 12.9. The van der Waals surface area contributed by atoms with Gasteiger partial charge < -0.3 is 5.32 Å². The topological polar surface area (TPSA) is 24.9 Å². The first-order chi connectivity index (χ1) is 5.79. The number of nitrogens with one attached hydrogen (secondary N) is 1. The van der Waals surface area contributed by atoms with Gasteiger partial charge in [-0.25, -0.2) is 4.39 Å². The lowest BCUT2D eigenvalue weighted by atomic mass is 10.1. The van der Waals surface area contributed by atoms with Gasteiger partial charge in [0.25, 0.3) is 0 Å². The molecule has 1 rings (SSSR count). The lowest BCUT2D eigenvalue weighted by Gasteiger charge is -2.13. The molecule has 0 saturated heterocycles. The van der Waals surface area contributed by atoms with Crippen LogP contribution in [0.25, 0.3) is 0 Å². The van der Waals surface area contributed by atoms with Crippen molar-refractivity contribution in [2.75, 3.05) is 7.05 Å². The Morgan fingerprint density at radius 1 is 1.67 bits per heavy atom. The minimum absolute atomic E-state index is 0.0907. The highest BCUT2D eigenvalue weighted by atomic mass is 19.1. The molecule has 1 aromatic rings. The molecule has 0 aliphatic carbocycles. The highest BCUT2D eigenvalue weighted by Gasteiger charge is 2.10. The Hall–Kier alpha value is -0.960. The predicted molar refractivity (Wildman–Crippen MR) is 46.3 cm³/mol. The maximum absolute atomic E-state index is 13.1. The minimum Gasteiger partial charge on any atom is -0.313 e. The van der Waals surface area contributed by atoms with Crippen LogP contribution in [0.1, 0.15) is 24.9 Å². The average molecular weight is 168 g/mol. The van der Waals surface area contributed by atoms with Crippen molar-refractivity contribution in [2.45, 2.75) is 19.4 Å². The molecule has 1 heterocycles. The van der Waals surface area contributed by atoms with E-state index in [1.54, 1.807) is 12.3 Å². The first kappa shape index (κ1) is 9.13. The van der Waals surface area contributed by atoms with E-state index in [4.69, 9.17) is 0 Å². The van der Waals surface area contributed by atoms with Crippen molar-refractivity contribution in [3.8, 4) is 0 Å². The van der Waals surface area contributed by atoms with Crippen molar-refractivity contribution >= 4 is 0 Å². The summed E-state index contributed by atoms with van der Waals surface area (Å²) in [6.07, 6.45) is 3.73. The Kier molecular flexibility index (Phi) is 3.17. The highest BCUT2D eigenvalue weighted by molar-refractivity contribution is 5.16. The van der Waals surface area contributed by atoms with Crippen LogP contribution in [0.4, 0.5) is 4.39 Å². The molecule has 1 aromatic heterocycles. The fourth-order valence-electron chi connectivity index (χ4n) is 1.25. The Balaban J connectivity index is 2.92. The largest absolute Gasteiger partial charge is 0.313 e. The van der Waals surface area contributed by atoms with Crippen LogP contribution in [0.5, 0.6) is 0 Å². The molecule has 12 heavy (non-hydrogen) atoms. The SMILES string of the molecule is CCC(NC)c1ccncc1F. The van der Waals surface area contributed by atoms with Crippen LogP contribution in [-0.2, 0) is 0 Å². The molecule has 0 fully saturated rings. The smallest absolute Gasteiger partial charge is 0.146 e. The van der Waals surface area contributed by atoms with Gasteiger partial charge in [0.15, 0.2) is 0 Å². The van der Waals surface area contributed by atoms with Crippen LogP contribution in [0.15, 0.2) is 18.5 Å². The van der Waals surface area contributed by atoms with Crippen LogP contribution in [0.2, 0.25) is 0 Å². The van der Waals surface area contributed by atoms with E-state index in [2.05, 4.69) is 10.3 Å². The second-order valence-electron chi connectivity index (χ2n) is 2.65. The van der Waals surface area contributed by atoms with Gasteiger partial charge in [-0.1, -0.05) is 6.92 Å². The van der Waals surface area contributed by atoms with E-state index >= 15 is 0 Å². The monoisotopic (exact) mass is 168 g/mol. The number of hydrogen-bond donors (Lipinski definition) is 1. The van der Waals surface area contributed by atoms with Gasteiger partial charge in [0.05, 0.1) is 6.20 Å². The number of aromatic nitrogens is 1. The summed E-state index contributed by atoms with van der Waals surface area (Å²) in [6.45, 7) is 2.01. The zero-order valence-electron chi connectivity index (χ0n) is 7.34. The molecule has 0 aliphatic heterocycles. The summed E-state index contributed by atoms with van der Waals surface area (Å²) in [5.41, 5.74) is 0.690. The van der Waals surface area contributed by atoms with Crippen LogP contribution in [0, 0.1) is 5.82 Å². The van der Waals surface area contributed by atoms with Crippen molar-refractivity contribution in [3.63, 3.8) is 0 Å². The van der Waals surface area contributed by atoms with Gasteiger partial charge in [-0.2, -0.15) is 0 Å². The van der Waals surface area contributed by atoms with Crippen molar-refractivity contribution < 1.29 is 4.39 Å². The molecule has 0 radical (unpaired) electrons. The van der Waals surface area contributed by atoms with Crippen LogP contribution < -0.4 is 5.32 Å². The predicted octanol–water partition coefficient (Wildman–Crippen LogP) is 1.89. The molecular formula is C9H13FN2. The molecule has 1 N–H and O–H groups in total. The van der Waals surface area contributed by atoms with Crippen molar-refractivity contribution in [1.82, 2.24) is 10.3 Å².